The molecular weight excluding hydrogens is 276 g/mol. The Morgan fingerprint density at radius 3 is 2.86 bits per heavy atom. The van der Waals surface area contributed by atoms with Gasteiger partial charge in [-0.25, -0.2) is 4.98 Å². The van der Waals surface area contributed by atoms with Crippen LogP contribution in [-0.2, 0) is 0 Å². The maximum atomic E-state index is 4.41. The van der Waals surface area contributed by atoms with Crippen LogP contribution in [0.1, 0.15) is 39.5 Å². The maximum absolute atomic E-state index is 4.41. The zero-order valence-electron chi connectivity index (χ0n) is 12.9. The van der Waals surface area contributed by atoms with E-state index in [4.69, 9.17) is 0 Å². The Morgan fingerprint density at radius 1 is 1.24 bits per heavy atom. The molecule has 0 aliphatic heterocycles. The van der Waals surface area contributed by atoms with Crippen LogP contribution in [0.5, 0.6) is 0 Å². The Morgan fingerprint density at radius 2 is 2.10 bits per heavy atom. The predicted molar refractivity (Wildman–Crippen MR) is 91.8 cm³/mol. The standard InChI is InChI=1S/C18H24N2S/c1-13(2)16-8-3-4-9-17(16)20-15-7-5-6-14(12-15)18-19-10-11-21-18/h5-7,10-13,16-17,20H,3-4,8-9H2,1-2H3. The Hall–Kier alpha value is -1.35. The van der Waals surface area contributed by atoms with Crippen LogP contribution in [0, 0.1) is 11.8 Å². The number of hydrogen-bond acceptors (Lipinski definition) is 3. The van der Waals surface area contributed by atoms with Crippen LogP contribution in [0.25, 0.3) is 10.6 Å². The number of nitrogens with one attached hydrogen (secondary N) is 1. The first-order chi connectivity index (χ1) is 10.2. The molecular formula is C18H24N2S. The van der Waals surface area contributed by atoms with Crippen molar-refractivity contribution in [3.05, 3.63) is 35.8 Å². The summed E-state index contributed by atoms with van der Waals surface area (Å²) in [5.74, 6) is 1.55. The van der Waals surface area contributed by atoms with E-state index in [0.29, 0.717) is 6.04 Å². The van der Waals surface area contributed by atoms with Gasteiger partial charge in [-0.3, -0.25) is 0 Å². The van der Waals surface area contributed by atoms with Gasteiger partial charge >= 0.3 is 0 Å². The van der Waals surface area contributed by atoms with E-state index in [1.807, 2.05) is 11.6 Å². The van der Waals surface area contributed by atoms with Gasteiger partial charge < -0.3 is 5.32 Å². The van der Waals surface area contributed by atoms with Crippen molar-refractivity contribution in [1.82, 2.24) is 4.98 Å². The van der Waals surface area contributed by atoms with Gasteiger partial charge in [-0.1, -0.05) is 38.8 Å². The van der Waals surface area contributed by atoms with E-state index in [0.717, 1.165) is 16.8 Å². The third kappa shape index (κ3) is 3.46. The maximum Gasteiger partial charge on any atom is 0.123 e. The predicted octanol–water partition coefficient (Wildman–Crippen LogP) is 5.44. The summed E-state index contributed by atoms with van der Waals surface area (Å²) in [6.07, 6.45) is 7.27. The summed E-state index contributed by atoms with van der Waals surface area (Å²) in [5, 5.41) is 6.92. The minimum Gasteiger partial charge on any atom is -0.382 e. The average molecular weight is 300 g/mol. The van der Waals surface area contributed by atoms with Gasteiger partial charge in [0.15, 0.2) is 0 Å². The Bertz CT molecular complexity index is 562. The molecule has 3 rings (SSSR count). The molecule has 2 atom stereocenters. The smallest absolute Gasteiger partial charge is 0.123 e. The fourth-order valence-corrected chi connectivity index (χ4v) is 4.09. The third-order valence-electron chi connectivity index (χ3n) is 4.57. The fourth-order valence-electron chi connectivity index (χ4n) is 3.46. The van der Waals surface area contributed by atoms with Crippen LogP contribution in [-0.4, -0.2) is 11.0 Å². The lowest BCUT2D eigenvalue weighted by molar-refractivity contribution is 0.254. The molecule has 1 saturated carbocycles. The van der Waals surface area contributed by atoms with Crippen LogP contribution in [0.2, 0.25) is 0 Å². The number of anilines is 1. The molecule has 2 nitrogen and oxygen atoms in total. The Kier molecular flexibility index (Phi) is 4.59. The summed E-state index contributed by atoms with van der Waals surface area (Å²) >= 11 is 1.70. The number of rotatable bonds is 4. The van der Waals surface area contributed by atoms with Gasteiger partial charge in [0.05, 0.1) is 0 Å². The molecule has 0 radical (unpaired) electrons. The number of thiazole rings is 1. The molecule has 1 heterocycles. The number of nitrogens with zero attached hydrogens (tertiary/aromatic N) is 1. The molecule has 2 unspecified atom stereocenters. The molecule has 1 aliphatic carbocycles. The Labute approximate surface area is 131 Å². The molecule has 21 heavy (non-hydrogen) atoms. The zero-order valence-corrected chi connectivity index (χ0v) is 13.7. The van der Waals surface area contributed by atoms with E-state index in [-0.39, 0.29) is 0 Å². The van der Waals surface area contributed by atoms with E-state index in [1.54, 1.807) is 11.3 Å². The summed E-state index contributed by atoms with van der Waals surface area (Å²) in [5.41, 5.74) is 2.45. The fraction of sp³-hybridized carbons (Fsp3) is 0.500. The van der Waals surface area contributed by atoms with E-state index in [1.165, 1.54) is 36.9 Å². The van der Waals surface area contributed by atoms with Gasteiger partial charge in [-0.2, -0.15) is 0 Å². The van der Waals surface area contributed by atoms with Crippen LogP contribution in [0.4, 0.5) is 5.69 Å². The van der Waals surface area contributed by atoms with Crippen LogP contribution in [0.15, 0.2) is 35.8 Å². The molecule has 3 heteroatoms. The van der Waals surface area contributed by atoms with E-state index in [2.05, 4.69) is 48.4 Å². The van der Waals surface area contributed by atoms with Crippen molar-refractivity contribution in [2.45, 2.75) is 45.6 Å². The van der Waals surface area contributed by atoms with Crippen molar-refractivity contribution in [3.63, 3.8) is 0 Å². The highest BCUT2D eigenvalue weighted by atomic mass is 32.1. The highest BCUT2D eigenvalue weighted by molar-refractivity contribution is 7.13. The molecule has 0 amide bonds. The van der Waals surface area contributed by atoms with E-state index in [9.17, 15) is 0 Å². The van der Waals surface area contributed by atoms with Crippen LogP contribution >= 0.6 is 11.3 Å². The molecule has 0 bridgehead atoms. The summed E-state index contributed by atoms with van der Waals surface area (Å²) in [4.78, 5) is 4.41. The molecule has 1 aromatic heterocycles. The lowest BCUT2D eigenvalue weighted by atomic mass is 9.78. The molecule has 112 valence electrons. The lowest BCUT2D eigenvalue weighted by Gasteiger charge is -2.35. The second-order valence-electron chi connectivity index (χ2n) is 6.36. The van der Waals surface area contributed by atoms with Crippen molar-refractivity contribution in [2.75, 3.05) is 5.32 Å². The first-order valence-corrected chi connectivity index (χ1v) is 8.88. The van der Waals surface area contributed by atoms with Crippen LogP contribution in [0.3, 0.4) is 0 Å². The molecule has 0 saturated heterocycles. The highest BCUT2D eigenvalue weighted by Crippen LogP contribution is 2.33. The van der Waals surface area contributed by atoms with Crippen molar-refractivity contribution in [1.29, 1.82) is 0 Å². The average Bonchev–Trinajstić information content (AvgIpc) is 3.02. The summed E-state index contributed by atoms with van der Waals surface area (Å²) < 4.78 is 0. The second-order valence-corrected chi connectivity index (χ2v) is 7.26. The van der Waals surface area contributed by atoms with Gasteiger partial charge in [0, 0.05) is 28.9 Å². The van der Waals surface area contributed by atoms with Gasteiger partial charge in [-0.05, 0) is 36.8 Å². The van der Waals surface area contributed by atoms with Crippen molar-refractivity contribution in [3.8, 4) is 10.6 Å². The van der Waals surface area contributed by atoms with E-state index < -0.39 is 0 Å². The number of benzene rings is 1. The van der Waals surface area contributed by atoms with Gasteiger partial charge in [0.2, 0.25) is 0 Å². The summed E-state index contributed by atoms with van der Waals surface area (Å²) in [6, 6.07) is 9.32. The van der Waals surface area contributed by atoms with Gasteiger partial charge in [0.25, 0.3) is 0 Å². The third-order valence-corrected chi connectivity index (χ3v) is 5.39. The minimum atomic E-state index is 0.616. The molecule has 1 aliphatic rings. The number of hydrogen-bond donors (Lipinski definition) is 1. The van der Waals surface area contributed by atoms with Gasteiger partial charge in [-0.15, -0.1) is 11.3 Å². The SMILES string of the molecule is CC(C)C1CCCCC1Nc1cccc(-c2nccs2)c1. The molecule has 1 N–H and O–H groups in total. The Balaban J connectivity index is 1.76. The van der Waals surface area contributed by atoms with Crippen molar-refractivity contribution < 1.29 is 0 Å². The zero-order chi connectivity index (χ0) is 14.7. The lowest BCUT2D eigenvalue weighted by Crippen LogP contribution is -2.35. The first-order valence-electron chi connectivity index (χ1n) is 8.00. The molecule has 0 spiro atoms. The normalized spacial score (nSPS) is 22.4. The highest BCUT2D eigenvalue weighted by Gasteiger charge is 2.27. The molecule has 1 fully saturated rings. The molecule has 2 aromatic rings. The summed E-state index contributed by atoms with van der Waals surface area (Å²) in [6.45, 7) is 4.72. The van der Waals surface area contributed by atoms with Crippen molar-refractivity contribution >= 4 is 17.0 Å². The van der Waals surface area contributed by atoms with E-state index >= 15 is 0 Å². The van der Waals surface area contributed by atoms with Crippen molar-refractivity contribution in [2.24, 2.45) is 11.8 Å². The quantitative estimate of drug-likeness (QED) is 0.813. The minimum absolute atomic E-state index is 0.616. The topological polar surface area (TPSA) is 24.9 Å². The van der Waals surface area contributed by atoms with Gasteiger partial charge in [0.1, 0.15) is 5.01 Å². The number of aromatic nitrogens is 1. The molecule has 1 aromatic carbocycles. The second kappa shape index (κ2) is 6.61. The monoisotopic (exact) mass is 300 g/mol. The van der Waals surface area contributed by atoms with Crippen LogP contribution < -0.4 is 5.32 Å². The summed E-state index contributed by atoms with van der Waals surface area (Å²) in [7, 11) is 0. The first kappa shape index (κ1) is 14.6. The largest absolute Gasteiger partial charge is 0.382 e.